The molecule has 0 aromatic heterocycles. The lowest BCUT2D eigenvalue weighted by Gasteiger charge is -2.10. The third-order valence-electron chi connectivity index (χ3n) is 1.87. The highest BCUT2D eigenvalue weighted by Crippen LogP contribution is 2.27. The van der Waals surface area contributed by atoms with Crippen molar-refractivity contribution < 1.29 is 13.5 Å². The van der Waals surface area contributed by atoms with Crippen LogP contribution in [0.15, 0.2) is 12.1 Å². The van der Waals surface area contributed by atoms with Gasteiger partial charge in [0.15, 0.2) is 11.6 Å². The van der Waals surface area contributed by atoms with E-state index in [-0.39, 0.29) is 11.7 Å². The van der Waals surface area contributed by atoms with E-state index in [1.807, 2.05) is 0 Å². The Morgan fingerprint density at radius 2 is 1.85 bits per heavy atom. The Morgan fingerprint density at radius 1 is 1.23 bits per heavy atom. The van der Waals surface area contributed by atoms with Crippen molar-refractivity contribution >= 4 is 0 Å². The van der Waals surface area contributed by atoms with Crippen molar-refractivity contribution in [2.45, 2.75) is 19.8 Å². The van der Waals surface area contributed by atoms with E-state index in [4.69, 9.17) is 4.74 Å². The summed E-state index contributed by atoms with van der Waals surface area (Å²) in [6.45, 7) is 3.61. The smallest absolute Gasteiger partial charge is 0.168 e. The average molecular weight is 186 g/mol. The fourth-order valence-corrected chi connectivity index (χ4v) is 1.15. The van der Waals surface area contributed by atoms with Gasteiger partial charge in [0.1, 0.15) is 5.82 Å². The van der Waals surface area contributed by atoms with E-state index in [0.717, 1.165) is 6.07 Å². The number of hydrogen-bond acceptors (Lipinski definition) is 1. The predicted molar refractivity (Wildman–Crippen MR) is 47.0 cm³/mol. The van der Waals surface area contributed by atoms with Crippen molar-refractivity contribution in [3.8, 4) is 5.75 Å². The molecular formula is C10H12F2O. The third-order valence-corrected chi connectivity index (χ3v) is 1.87. The lowest BCUT2D eigenvalue weighted by atomic mass is 10.0. The summed E-state index contributed by atoms with van der Waals surface area (Å²) in [5, 5.41) is 0. The molecule has 1 aromatic rings. The topological polar surface area (TPSA) is 9.23 Å². The highest BCUT2D eigenvalue weighted by atomic mass is 19.1. The summed E-state index contributed by atoms with van der Waals surface area (Å²) in [7, 11) is 1.32. The second kappa shape index (κ2) is 3.73. The van der Waals surface area contributed by atoms with Crippen LogP contribution in [0.1, 0.15) is 25.3 Å². The molecule has 1 aromatic carbocycles. The Labute approximate surface area is 76.3 Å². The SMILES string of the molecule is COc1cc(F)cc(C(C)C)c1F. The van der Waals surface area contributed by atoms with Crippen LogP contribution in [-0.4, -0.2) is 7.11 Å². The van der Waals surface area contributed by atoms with E-state index in [0.29, 0.717) is 5.56 Å². The van der Waals surface area contributed by atoms with Crippen molar-refractivity contribution in [3.63, 3.8) is 0 Å². The van der Waals surface area contributed by atoms with Gasteiger partial charge in [0, 0.05) is 6.07 Å². The predicted octanol–water partition coefficient (Wildman–Crippen LogP) is 3.10. The zero-order chi connectivity index (χ0) is 10.0. The first-order valence-electron chi connectivity index (χ1n) is 4.09. The Hall–Kier alpha value is -1.12. The van der Waals surface area contributed by atoms with Gasteiger partial charge in [-0.2, -0.15) is 0 Å². The first-order chi connectivity index (χ1) is 6.06. The minimum absolute atomic E-state index is 0.0382. The van der Waals surface area contributed by atoms with Gasteiger partial charge in [-0.05, 0) is 17.5 Å². The molecule has 72 valence electrons. The molecule has 3 heteroatoms. The first-order valence-corrected chi connectivity index (χ1v) is 4.09. The summed E-state index contributed by atoms with van der Waals surface area (Å²) in [5.74, 6) is -1.03. The van der Waals surface area contributed by atoms with Crippen LogP contribution >= 0.6 is 0 Å². The van der Waals surface area contributed by atoms with E-state index in [2.05, 4.69) is 0 Å². The van der Waals surface area contributed by atoms with Crippen LogP contribution in [0.25, 0.3) is 0 Å². The summed E-state index contributed by atoms with van der Waals surface area (Å²) in [4.78, 5) is 0. The number of halogens is 2. The third kappa shape index (κ3) is 1.97. The molecule has 0 heterocycles. The fraction of sp³-hybridized carbons (Fsp3) is 0.400. The van der Waals surface area contributed by atoms with Crippen molar-refractivity contribution in [3.05, 3.63) is 29.3 Å². The molecule has 0 spiro atoms. The minimum atomic E-state index is -0.473. The molecule has 0 N–H and O–H groups in total. The first kappa shape index (κ1) is 9.96. The van der Waals surface area contributed by atoms with Gasteiger partial charge in [0.2, 0.25) is 0 Å². The minimum Gasteiger partial charge on any atom is -0.494 e. The molecular weight excluding hydrogens is 174 g/mol. The Bertz CT molecular complexity index is 308. The highest BCUT2D eigenvalue weighted by molar-refractivity contribution is 5.33. The van der Waals surface area contributed by atoms with Crippen molar-refractivity contribution in [2.75, 3.05) is 7.11 Å². The quantitative estimate of drug-likeness (QED) is 0.689. The maximum atomic E-state index is 13.4. The largest absolute Gasteiger partial charge is 0.494 e. The van der Waals surface area contributed by atoms with E-state index < -0.39 is 11.6 Å². The van der Waals surface area contributed by atoms with Crippen LogP contribution in [0.4, 0.5) is 8.78 Å². The normalized spacial score (nSPS) is 10.6. The number of hydrogen-bond donors (Lipinski definition) is 0. The van der Waals surface area contributed by atoms with Gasteiger partial charge in [-0.15, -0.1) is 0 Å². The van der Waals surface area contributed by atoms with Crippen LogP contribution < -0.4 is 4.74 Å². The van der Waals surface area contributed by atoms with Crippen molar-refractivity contribution in [1.82, 2.24) is 0 Å². The average Bonchev–Trinajstić information content (AvgIpc) is 2.08. The number of ether oxygens (including phenoxy) is 1. The molecule has 1 rings (SSSR count). The van der Waals surface area contributed by atoms with Crippen LogP contribution in [0, 0.1) is 11.6 Å². The van der Waals surface area contributed by atoms with Crippen molar-refractivity contribution in [1.29, 1.82) is 0 Å². The lowest BCUT2D eigenvalue weighted by Crippen LogP contribution is -1.98. The number of benzene rings is 1. The summed E-state index contributed by atoms with van der Waals surface area (Å²) in [5.41, 5.74) is 0.344. The van der Waals surface area contributed by atoms with E-state index in [1.165, 1.54) is 13.2 Å². The molecule has 0 amide bonds. The monoisotopic (exact) mass is 186 g/mol. The zero-order valence-electron chi connectivity index (χ0n) is 7.90. The summed E-state index contributed by atoms with van der Waals surface area (Å²) in [6.07, 6.45) is 0. The molecule has 0 saturated carbocycles. The molecule has 0 aliphatic heterocycles. The fourth-order valence-electron chi connectivity index (χ4n) is 1.15. The number of rotatable bonds is 2. The highest BCUT2D eigenvalue weighted by Gasteiger charge is 2.13. The standard InChI is InChI=1S/C10H12F2O/c1-6(2)8-4-7(11)5-9(13-3)10(8)12/h4-6H,1-3H3. The number of methoxy groups -OCH3 is 1. The van der Waals surface area contributed by atoms with Gasteiger partial charge in [-0.3, -0.25) is 0 Å². The van der Waals surface area contributed by atoms with Crippen LogP contribution in [0.3, 0.4) is 0 Å². The van der Waals surface area contributed by atoms with Crippen LogP contribution in [0.2, 0.25) is 0 Å². The molecule has 0 aliphatic carbocycles. The molecule has 0 saturated heterocycles. The Kier molecular flexibility index (Phi) is 2.86. The molecule has 0 unspecified atom stereocenters. The maximum Gasteiger partial charge on any atom is 0.168 e. The molecule has 0 bridgehead atoms. The van der Waals surface area contributed by atoms with E-state index >= 15 is 0 Å². The summed E-state index contributed by atoms with van der Waals surface area (Å²) < 4.78 is 31.0. The zero-order valence-corrected chi connectivity index (χ0v) is 7.90. The van der Waals surface area contributed by atoms with E-state index in [1.54, 1.807) is 13.8 Å². The van der Waals surface area contributed by atoms with Crippen molar-refractivity contribution in [2.24, 2.45) is 0 Å². The second-order valence-corrected chi connectivity index (χ2v) is 3.17. The van der Waals surface area contributed by atoms with E-state index in [9.17, 15) is 8.78 Å². The van der Waals surface area contributed by atoms with Gasteiger partial charge in [0.05, 0.1) is 7.11 Å². The lowest BCUT2D eigenvalue weighted by molar-refractivity contribution is 0.379. The maximum absolute atomic E-state index is 13.4. The molecule has 0 atom stereocenters. The molecule has 1 nitrogen and oxygen atoms in total. The molecule has 0 fully saturated rings. The molecule has 0 radical (unpaired) electrons. The van der Waals surface area contributed by atoms with Gasteiger partial charge < -0.3 is 4.74 Å². The Morgan fingerprint density at radius 3 is 2.31 bits per heavy atom. The van der Waals surface area contributed by atoms with Gasteiger partial charge >= 0.3 is 0 Å². The van der Waals surface area contributed by atoms with Crippen LogP contribution in [0.5, 0.6) is 5.75 Å². The van der Waals surface area contributed by atoms with Gasteiger partial charge in [-0.25, -0.2) is 8.78 Å². The summed E-state index contributed by atoms with van der Waals surface area (Å²) in [6, 6.07) is 2.24. The molecule has 13 heavy (non-hydrogen) atoms. The van der Waals surface area contributed by atoms with Gasteiger partial charge in [0.25, 0.3) is 0 Å². The summed E-state index contributed by atoms with van der Waals surface area (Å²) >= 11 is 0. The molecule has 0 aliphatic rings. The van der Waals surface area contributed by atoms with Gasteiger partial charge in [-0.1, -0.05) is 13.8 Å². The Balaban J connectivity index is 3.27. The second-order valence-electron chi connectivity index (χ2n) is 3.17. The van der Waals surface area contributed by atoms with Crippen LogP contribution in [-0.2, 0) is 0 Å².